The molecule has 0 fully saturated rings. The van der Waals surface area contributed by atoms with Crippen molar-refractivity contribution in [1.29, 1.82) is 5.26 Å². The summed E-state index contributed by atoms with van der Waals surface area (Å²) in [5, 5.41) is 9.59. The summed E-state index contributed by atoms with van der Waals surface area (Å²) in [6.07, 6.45) is 0.902. The van der Waals surface area contributed by atoms with Crippen molar-refractivity contribution in [3.63, 3.8) is 0 Å². The van der Waals surface area contributed by atoms with Crippen LogP contribution in [-0.2, 0) is 10.0 Å². The number of aromatic nitrogens is 1. The molecule has 158 valence electrons. The van der Waals surface area contributed by atoms with Crippen LogP contribution in [0.3, 0.4) is 0 Å². The van der Waals surface area contributed by atoms with E-state index < -0.39 is 15.8 Å². The molecule has 8 heteroatoms. The normalized spacial score (nSPS) is 10.9. The molecule has 0 aliphatic carbocycles. The minimum Gasteiger partial charge on any atom is -0.455 e. The fourth-order valence-corrected chi connectivity index (χ4v) is 4.05. The molecule has 0 saturated carbocycles. The molecule has 0 aliphatic rings. The van der Waals surface area contributed by atoms with Crippen LogP contribution in [0.1, 0.15) is 5.56 Å². The predicted molar refractivity (Wildman–Crippen MR) is 118 cm³/mol. The second kappa shape index (κ2) is 8.88. The first-order chi connectivity index (χ1) is 15.5. The Balaban J connectivity index is 1.64. The molecule has 1 aromatic heterocycles. The van der Waals surface area contributed by atoms with Gasteiger partial charge in [0, 0.05) is 5.56 Å². The van der Waals surface area contributed by atoms with Gasteiger partial charge < -0.3 is 4.74 Å². The van der Waals surface area contributed by atoms with Crippen LogP contribution in [-0.4, -0.2) is 13.4 Å². The first-order valence-electron chi connectivity index (χ1n) is 9.47. The molecule has 0 radical (unpaired) electrons. The molecule has 0 atom stereocenters. The van der Waals surface area contributed by atoms with Crippen LogP contribution in [0.5, 0.6) is 11.5 Å². The van der Waals surface area contributed by atoms with Gasteiger partial charge in [0.05, 0.1) is 16.7 Å². The third-order valence-electron chi connectivity index (χ3n) is 4.54. The lowest BCUT2D eigenvalue weighted by Gasteiger charge is -2.13. The Bertz CT molecular complexity index is 1400. The van der Waals surface area contributed by atoms with E-state index in [1.54, 1.807) is 6.07 Å². The number of hydrogen-bond acceptors (Lipinski definition) is 5. The van der Waals surface area contributed by atoms with Crippen molar-refractivity contribution in [3.05, 3.63) is 103 Å². The maximum atomic E-state index is 13.0. The summed E-state index contributed by atoms with van der Waals surface area (Å²) in [5.74, 6) is 0.119. The van der Waals surface area contributed by atoms with E-state index in [9.17, 15) is 18.1 Å². The van der Waals surface area contributed by atoms with E-state index >= 15 is 0 Å². The molecular formula is C24H16FN3O3S. The molecule has 3 aromatic carbocycles. The Hall–Kier alpha value is -4.22. The largest absolute Gasteiger partial charge is 0.455 e. The van der Waals surface area contributed by atoms with E-state index in [0.717, 1.165) is 23.4 Å². The molecule has 4 rings (SSSR count). The van der Waals surface area contributed by atoms with Crippen molar-refractivity contribution in [2.24, 2.45) is 0 Å². The summed E-state index contributed by atoms with van der Waals surface area (Å²) in [6.45, 7) is 0. The predicted octanol–water partition coefficient (Wildman–Crippen LogP) is 5.35. The fraction of sp³-hybridized carbons (Fsp3) is 0. The molecule has 32 heavy (non-hydrogen) atoms. The second-order valence-corrected chi connectivity index (χ2v) is 8.38. The fourth-order valence-electron chi connectivity index (χ4n) is 3.02. The lowest BCUT2D eigenvalue weighted by Crippen LogP contribution is -2.14. The van der Waals surface area contributed by atoms with E-state index in [0.29, 0.717) is 5.75 Å². The summed E-state index contributed by atoms with van der Waals surface area (Å²) in [4.78, 5) is 3.54. The van der Waals surface area contributed by atoms with E-state index in [-0.39, 0.29) is 22.0 Å². The molecule has 0 spiro atoms. The highest BCUT2D eigenvalue weighted by Crippen LogP contribution is 2.35. The van der Waals surface area contributed by atoms with Crippen LogP contribution in [0.4, 0.5) is 10.2 Å². The molecule has 0 saturated heterocycles. The van der Waals surface area contributed by atoms with Gasteiger partial charge >= 0.3 is 0 Å². The SMILES string of the molecule is N#Cc1cc(S(=O)(=O)Nc2ccc(F)cn2)ccc1Oc1ccccc1-c1ccccc1. The van der Waals surface area contributed by atoms with E-state index in [1.807, 2.05) is 54.6 Å². The lowest BCUT2D eigenvalue weighted by molar-refractivity contribution is 0.482. The van der Waals surface area contributed by atoms with Crippen LogP contribution in [0, 0.1) is 17.1 Å². The van der Waals surface area contributed by atoms with Crippen LogP contribution in [0.25, 0.3) is 11.1 Å². The maximum Gasteiger partial charge on any atom is 0.263 e. The molecule has 1 N–H and O–H groups in total. The minimum atomic E-state index is -4.04. The van der Waals surface area contributed by atoms with Gasteiger partial charge in [0.2, 0.25) is 0 Å². The Morgan fingerprint density at radius 2 is 1.66 bits per heavy atom. The first-order valence-corrected chi connectivity index (χ1v) is 11.0. The average molecular weight is 445 g/mol. The van der Waals surface area contributed by atoms with Crippen molar-refractivity contribution < 1.29 is 17.5 Å². The van der Waals surface area contributed by atoms with E-state index in [2.05, 4.69) is 9.71 Å². The standard InChI is InChI=1S/C24H16FN3O3S/c25-19-10-13-24(27-16-19)28-32(29,30)20-11-12-22(18(14-20)15-26)31-23-9-5-4-8-21(23)17-6-2-1-3-7-17/h1-14,16H,(H,27,28). The zero-order valence-electron chi connectivity index (χ0n) is 16.6. The molecule has 4 aromatic rings. The maximum absolute atomic E-state index is 13.0. The van der Waals surface area contributed by atoms with Crippen LogP contribution < -0.4 is 9.46 Å². The summed E-state index contributed by atoms with van der Waals surface area (Å²) in [6, 6.07) is 25.2. The lowest BCUT2D eigenvalue weighted by atomic mass is 10.0. The number of nitrogens with zero attached hydrogens (tertiary/aromatic N) is 2. The van der Waals surface area contributed by atoms with Crippen LogP contribution in [0.2, 0.25) is 0 Å². The number of anilines is 1. The quantitative estimate of drug-likeness (QED) is 0.432. The van der Waals surface area contributed by atoms with Crippen molar-refractivity contribution in [2.45, 2.75) is 4.90 Å². The van der Waals surface area contributed by atoms with Crippen molar-refractivity contribution in [2.75, 3.05) is 4.72 Å². The van der Waals surface area contributed by atoms with Gasteiger partial charge in [0.25, 0.3) is 10.0 Å². The third-order valence-corrected chi connectivity index (χ3v) is 5.89. The van der Waals surface area contributed by atoms with Gasteiger partial charge in [0.15, 0.2) is 0 Å². The third kappa shape index (κ3) is 4.58. The smallest absolute Gasteiger partial charge is 0.263 e. The second-order valence-electron chi connectivity index (χ2n) is 6.70. The number of hydrogen-bond donors (Lipinski definition) is 1. The minimum absolute atomic E-state index is 0.0398. The van der Waals surface area contributed by atoms with Gasteiger partial charge in [-0.1, -0.05) is 48.5 Å². The highest BCUT2D eigenvalue weighted by Gasteiger charge is 2.18. The Kier molecular flexibility index (Phi) is 5.83. The molecule has 0 amide bonds. The number of rotatable bonds is 6. The van der Waals surface area contributed by atoms with Crippen molar-refractivity contribution >= 4 is 15.8 Å². The summed E-state index contributed by atoms with van der Waals surface area (Å²) in [5.41, 5.74) is 1.82. The molecule has 0 aliphatic heterocycles. The molecule has 0 unspecified atom stereocenters. The van der Waals surface area contributed by atoms with Gasteiger partial charge in [0.1, 0.15) is 29.2 Å². The van der Waals surface area contributed by atoms with Crippen LogP contribution >= 0.6 is 0 Å². The summed E-state index contributed by atoms with van der Waals surface area (Å²) >= 11 is 0. The molecule has 6 nitrogen and oxygen atoms in total. The van der Waals surface area contributed by atoms with Gasteiger partial charge in [-0.2, -0.15) is 5.26 Å². The summed E-state index contributed by atoms with van der Waals surface area (Å²) in [7, 11) is -4.04. The van der Waals surface area contributed by atoms with Gasteiger partial charge in [-0.05, 0) is 42.0 Å². The number of sulfonamides is 1. The zero-order chi connectivity index (χ0) is 22.6. The first kappa shape index (κ1) is 21.0. The average Bonchev–Trinajstić information content (AvgIpc) is 2.81. The Morgan fingerprint density at radius 1 is 0.906 bits per heavy atom. The highest BCUT2D eigenvalue weighted by atomic mass is 32.2. The van der Waals surface area contributed by atoms with Crippen molar-refractivity contribution in [1.82, 2.24) is 4.98 Å². The number of nitrogens with one attached hydrogen (secondary N) is 1. The number of para-hydroxylation sites is 1. The highest BCUT2D eigenvalue weighted by molar-refractivity contribution is 7.92. The van der Waals surface area contributed by atoms with Gasteiger partial charge in [-0.3, -0.25) is 4.72 Å². The van der Waals surface area contributed by atoms with E-state index in [1.165, 1.54) is 24.3 Å². The number of halogens is 1. The molecule has 1 heterocycles. The summed E-state index contributed by atoms with van der Waals surface area (Å²) < 4.78 is 46.6. The zero-order valence-corrected chi connectivity index (χ0v) is 17.4. The van der Waals surface area contributed by atoms with Crippen LogP contribution in [0.15, 0.2) is 96.0 Å². The molecule has 0 bridgehead atoms. The number of pyridine rings is 1. The molecular weight excluding hydrogens is 429 g/mol. The van der Waals surface area contributed by atoms with E-state index in [4.69, 9.17) is 4.74 Å². The Labute approximate surface area is 184 Å². The van der Waals surface area contributed by atoms with Gasteiger partial charge in [-0.25, -0.2) is 17.8 Å². The number of nitriles is 1. The van der Waals surface area contributed by atoms with Crippen molar-refractivity contribution in [3.8, 4) is 28.7 Å². The van der Waals surface area contributed by atoms with Gasteiger partial charge in [-0.15, -0.1) is 0 Å². The number of benzene rings is 3. The monoisotopic (exact) mass is 445 g/mol. The Morgan fingerprint density at radius 3 is 2.38 bits per heavy atom. The number of ether oxygens (including phenoxy) is 1. The topological polar surface area (TPSA) is 92.1 Å².